The maximum absolute atomic E-state index is 13.3. The van der Waals surface area contributed by atoms with Gasteiger partial charge >= 0.3 is 6.18 Å². The number of hydrogen-bond acceptors (Lipinski definition) is 4. The van der Waals surface area contributed by atoms with E-state index in [1.807, 2.05) is 6.07 Å². The quantitative estimate of drug-likeness (QED) is 0.430. The van der Waals surface area contributed by atoms with E-state index < -0.39 is 18.5 Å². The topological polar surface area (TPSA) is 50.6 Å². The summed E-state index contributed by atoms with van der Waals surface area (Å²) in [6.45, 7) is 1.50. The number of carbonyl (C=O) groups excluding carboxylic acids is 1. The lowest BCUT2D eigenvalue weighted by molar-refractivity contribution is -0.141. The highest BCUT2D eigenvalue weighted by Crippen LogP contribution is 2.33. The van der Waals surface area contributed by atoms with Crippen LogP contribution in [0.25, 0.3) is 5.69 Å². The Kier molecular flexibility index (Phi) is 7.16. The first-order valence-corrected chi connectivity index (χ1v) is 11.3. The molecular formula is C22H18Cl3F3N4O2. The van der Waals surface area contributed by atoms with Crippen LogP contribution in [0.1, 0.15) is 5.69 Å². The van der Waals surface area contributed by atoms with Gasteiger partial charge in [-0.15, -0.1) is 0 Å². The summed E-state index contributed by atoms with van der Waals surface area (Å²) >= 11 is 18.2. The number of hydrogen-bond donors (Lipinski definition) is 0. The van der Waals surface area contributed by atoms with Crippen LogP contribution in [0.15, 0.2) is 48.5 Å². The highest BCUT2D eigenvalue weighted by atomic mass is 35.5. The number of benzene rings is 2. The molecule has 0 spiro atoms. The van der Waals surface area contributed by atoms with Gasteiger partial charge in [-0.3, -0.25) is 4.79 Å². The van der Waals surface area contributed by atoms with Gasteiger partial charge in [-0.2, -0.15) is 23.0 Å². The van der Waals surface area contributed by atoms with Gasteiger partial charge in [0.2, 0.25) is 5.88 Å². The predicted octanol–water partition coefficient (Wildman–Crippen LogP) is 5.58. The van der Waals surface area contributed by atoms with Crippen molar-refractivity contribution in [1.29, 1.82) is 0 Å². The number of alkyl halides is 3. The fourth-order valence-electron chi connectivity index (χ4n) is 3.52. The van der Waals surface area contributed by atoms with Gasteiger partial charge in [0.15, 0.2) is 12.3 Å². The van der Waals surface area contributed by atoms with Crippen LogP contribution in [0.4, 0.5) is 18.9 Å². The van der Waals surface area contributed by atoms with Crippen molar-refractivity contribution in [3.8, 4) is 11.6 Å². The summed E-state index contributed by atoms with van der Waals surface area (Å²) in [5.74, 6) is -0.586. The zero-order chi connectivity index (χ0) is 24.5. The van der Waals surface area contributed by atoms with Crippen LogP contribution in [0.3, 0.4) is 0 Å². The molecule has 0 aliphatic carbocycles. The minimum atomic E-state index is -4.69. The lowest BCUT2D eigenvalue weighted by Crippen LogP contribution is -2.50. The molecule has 1 aliphatic rings. The maximum atomic E-state index is 13.3. The molecule has 1 aliphatic heterocycles. The standard InChI is InChI=1S/C22H18Cl3F3N4O2/c23-15-6-5-14(11-17(15)25)30-7-9-31(10-8-30)20(33)13-34-21-12-19(22(26,27)28)29-32(21)18-4-2-1-3-16(18)24/h1-6,11-12H,7-10,13H2. The summed E-state index contributed by atoms with van der Waals surface area (Å²) in [5.41, 5.74) is -0.0523. The average Bonchev–Trinajstić information content (AvgIpc) is 3.24. The molecule has 34 heavy (non-hydrogen) atoms. The van der Waals surface area contributed by atoms with Crippen molar-refractivity contribution in [2.45, 2.75) is 6.18 Å². The van der Waals surface area contributed by atoms with E-state index >= 15 is 0 Å². The molecule has 0 N–H and O–H groups in total. The van der Waals surface area contributed by atoms with Crippen LogP contribution in [-0.2, 0) is 11.0 Å². The third-order valence-electron chi connectivity index (χ3n) is 5.29. The van der Waals surface area contributed by atoms with E-state index in [0.717, 1.165) is 16.4 Å². The number of nitrogens with zero attached hydrogens (tertiary/aromatic N) is 4. The van der Waals surface area contributed by atoms with Crippen molar-refractivity contribution >= 4 is 46.4 Å². The summed E-state index contributed by atoms with van der Waals surface area (Å²) < 4.78 is 46.2. The Morgan fingerprint density at radius 2 is 1.65 bits per heavy atom. The number of anilines is 1. The Morgan fingerprint density at radius 1 is 0.941 bits per heavy atom. The molecule has 3 aromatic rings. The van der Waals surface area contributed by atoms with E-state index in [2.05, 4.69) is 10.00 Å². The minimum absolute atomic E-state index is 0.189. The highest BCUT2D eigenvalue weighted by Gasteiger charge is 2.36. The SMILES string of the molecule is O=C(COc1cc(C(F)(F)F)nn1-c1ccccc1Cl)N1CCN(c2ccc(Cl)c(Cl)c2)CC1. The van der Waals surface area contributed by atoms with Crippen molar-refractivity contribution in [1.82, 2.24) is 14.7 Å². The zero-order valence-corrected chi connectivity index (χ0v) is 19.8. The molecule has 1 saturated heterocycles. The van der Waals surface area contributed by atoms with Crippen LogP contribution in [-0.4, -0.2) is 53.4 Å². The van der Waals surface area contributed by atoms with Crippen molar-refractivity contribution in [3.05, 3.63) is 69.3 Å². The summed E-state index contributed by atoms with van der Waals surface area (Å²) in [4.78, 5) is 16.4. The lowest BCUT2D eigenvalue weighted by Gasteiger charge is -2.36. The number of carbonyl (C=O) groups is 1. The number of para-hydroxylation sites is 1. The first-order chi connectivity index (χ1) is 16.1. The molecule has 0 unspecified atom stereocenters. The average molecular weight is 534 g/mol. The largest absolute Gasteiger partial charge is 0.467 e. The lowest BCUT2D eigenvalue weighted by atomic mass is 10.2. The van der Waals surface area contributed by atoms with Crippen molar-refractivity contribution < 1.29 is 22.7 Å². The molecule has 0 radical (unpaired) electrons. The Balaban J connectivity index is 1.42. The molecule has 180 valence electrons. The molecular weight excluding hydrogens is 516 g/mol. The predicted molar refractivity (Wildman–Crippen MR) is 124 cm³/mol. The van der Waals surface area contributed by atoms with E-state index in [9.17, 15) is 18.0 Å². The summed E-state index contributed by atoms with van der Waals surface area (Å²) in [6.07, 6.45) is -4.69. The number of amides is 1. The third-order valence-corrected chi connectivity index (χ3v) is 6.35. The van der Waals surface area contributed by atoms with Crippen LogP contribution in [0.2, 0.25) is 15.1 Å². The number of piperazine rings is 1. The van der Waals surface area contributed by atoms with Gasteiger partial charge in [0.25, 0.3) is 5.91 Å². The summed E-state index contributed by atoms with van der Waals surface area (Å²) in [6, 6.07) is 12.4. The number of ether oxygens (including phenoxy) is 1. The van der Waals surface area contributed by atoms with E-state index in [1.54, 1.807) is 29.2 Å². The third kappa shape index (κ3) is 5.37. The molecule has 12 heteroatoms. The fourth-order valence-corrected chi connectivity index (χ4v) is 4.03. The molecule has 6 nitrogen and oxygen atoms in total. The van der Waals surface area contributed by atoms with Gasteiger partial charge in [0, 0.05) is 37.9 Å². The first kappa shape index (κ1) is 24.5. The molecule has 0 saturated carbocycles. The van der Waals surface area contributed by atoms with Crippen LogP contribution in [0.5, 0.6) is 5.88 Å². The second-order valence-corrected chi connectivity index (χ2v) is 8.71. The summed E-state index contributed by atoms with van der Waals surface area (Å²) in [5, 5.41) is 4.68. The number of rotatable bonds is 5. The molecule has 4 rings (SSSR count). The molecule has 1 fully saturated rings. The van der Waals surface area contributed by atoms with E-state index in [1.165, 1.54) is 12.1 Å². The van der Waals surface area contributed by atoms with Crippen LogP contribution < -0.4 is 9.64 Å². The van der Waals surface area contributed by atoms with E-state index in [0.29, 0.717) is 36.2 Å². The van der Waals surface area contributed by atoms with Gasteiger partial charge in [0.05, 0.1) is 20.8 Å². The normalized spacial score (nSPS) is 14.4. The van der Waals surface area contributed by atoms with Crippen LogP contribution in [0, 0.1) is 0 Å². The van der Waals surface area contributed by atoms with Crippen LogP contribution >= 0.6 is 34.8 Å². The second kappa shape index (κ2) is 9.93. The zero-order valence-electron chi connectivity index (χ0n) is 17.5. The van der Waals surface area contributed by atoms with Gasteiger partial charge in [-0.05, 0) is 30.3 Å². The Hall–Kier alpha value is -2.62. The summed E-state index contributed by atoms with van der Waals surface area (Å²) in [7, 11) is 0. The molecule has 2 heterocycles. The highest BCUT2D eigenvalue weighted by molar-refractivity contribution is 6.42. The van der Waals surface area contributed by atoms with Crippen molar-refractivity contribution in [2.24, 2.45) is 0 Å². The number of aromatic nitrogens is 2. The molecule has 2 aromatic carbocycles. The minimum Gasteiger partial charge on any atom is -0.467 e. The van der Waals surface area contributed by atoms with E-state index in [-0.39, 0.29) is 22.5 Å². The van der Waals surface area contributed by atoms with Crippen molar-refractivity contribution in [2.75, 3.05) is 37.7 Å². The smallest absolute Gasteiger partial charge is 0.435 e. The maximum Gasteiger partial charge on any atom is 0.435 e. The fraction of sp³-hybridized carbons (Fsp3) is 0.273. The van der Waals surface area contributed by atoms with Gasteiger partial charge < -0.3 is 14.5 Å². The Bertz CT molecular complexity index is 1190. The Morgan fingerprint density at radius 3 is 2.29 bits per heavy atom. The monoisotopic (exact) mass is 532 g/mol. The van der Waals surface area contributed by atoms with Gasteiger partial charge in [-0.25, -0.2) is 0 Å². The molecule has 0 atom stereocenters. The molecule has 1 aromatic heterocycles. The number of halogens is 6. The molecule has 1 amide bonds. The van der Waals surface area contributed by atoms with Crippen molar-refractivity contribution in [3.63, 3.8) is 0 Å². The van der Waals surface area contributed by atoms with Gasteiger partial charge in [0.1, 0.15) is 0 Å². The van der Waals surface area contributed by atoms with E-state index in [4.69, 9.17) is 39.5 Å². The van der Waals surface area contributed by atoms with Gasteiger partial charge in [-0.1, -0.05) is 46.9 Å². The Labute approximate surface area is 208 Å². The second-order valence-electron chi connectivity index (χ2n) is 7.48. The molecule has 0 bridgehead atoms. The first-order valence-electron chi connectivity index (χ1n) is 10.2.